The summed E-state index contributed by atoms with van der Waals surface area (Å²) in [5.41, 5.74) is 0.785. The molecule has 0 bridgehead atoms. The number of carbonyl (C=O) groups excluding carboxylic acids is 2. The maximum atomic E-state index is 12.7. The Morgan fingerprint density at radius 1 is 1.11 bits per heavy atom. The first-order valence-electron chi connectivity index (χ1n) is 10.2. The second kappa shape index (κ2) is 8.52. The van der Waals surface area contributed by atoms with Crippen LogP contribution < -0.4 is 10.1 Å². The molecule has 1 saturated heterocycles. The Morgan fingerprint density at radius 3 is 2.21 bits per heavy atom. The molecule has 6 nitrogen and oxygen atoms in total. The largest absolute Gasteiger partial charge is 0.497 e. The standard InChI is InChI=1S/C22H33N3O3/c1-22(2,3)21(27)25-13-11-24(12-14-25)15-19(26)23-20(16-5-6-16)17-7-9-18(28-4)10-8-17/h7-10,16,20H,5-6,11-15H2,1-4H3,(H,23,26). The summed E-state index contributed by atoms with van der Waals surface area (Å²) in [4.78, 5) is 29.1. The highest BCUT2D eigenvalue weighted by molar-refractivity contribution is 5.82. The van der Waals surface area contributed by atoms with Crippen molar-refractivity contribution in [2.45, 2.75) is 39.7 Å². The number of hydrogen-bond acceptors (Lipinski definition) is 4. The lowest BCUT2D eigenvalue weighted by Gasteiger charge is -2.37. The van der Waals surface area contributed by atoms with Crippen LogP contribution in [0.3, 0.4) is 0 Å². The van der Waals surface area contributed by atoms with E-state index in [1.54, 1.807) is 7.11 Å². The topological polar surface area (TPSA) is 61.9 Å². The van der Waals surface area contributed by atoms with Gasteiger partial charge in [-0.1, -0.05) is 32.9 Å². The minimum atomic E-state index is -0.352. The number of rotatable bonds is 6. The molecule has 6 heteroatoms. The van der Waals surface area contributed by atoms with Gasteiger partial charge >= 0.3 is 0 Å². The number of hydrogen-bond donors (Lipinski definition) is 1. The maximum absolute atomic E-state index is 12.7. The molecular formula is C22H33N3O3. The Labute approximate surface area is 168 Å². The van der Waals surface area contributed by atoms with Gasteiger partial charge in [-0.15, -0.1) is 0 Å². The Kier molecular flexibility index (Phi) is 6.28. The van der Waals surface area contributed by atoms with Crippen LogP contribution in [0.25, 0.3) is 0 Å². The lowest BCUT2D eigenvalue weighted by Crippen LogP contribution is -2.53. The molecule has 1 aromatic rings. The van der Waals surface area contributed by atoms with Crippen molar-refractivity contribution in [2.75, 3.05) is 39.8 Å². The molecule has 1 N–H and O–H groups in total. The number of benzene rings is 1. The smallest absolute Gasteiger partial charge is 0.234 e. The zero-order chi connectivity index (χ0) is 20.3. The summed E-state index contributed by atoms with van der Waals surface area (Å²) in [6.45, 7) is 9.10. The molecule has 1 aliphatic heterocycles. The highest BCUT2D eigenvalue weighted by Crippen LogP contribution is 2.41. The van der Waals surface area contributed by atoms with Crippen molar-refractivity contribution in [3.05, 3.63) is 29.8 Å². The number of amides is 2. The quantitative estimate of drug-likeness (QED) is 0.815. The van der Waals surface area contributed by atoms with E-state index < -0.39 is 0 Å². The van der Waals surface area contributed by atoms with Crippen LogP contribution in [0.4, 0.5) is 0 Å². The third-order valence-corrected chi connectivity index (χ3v) is 5.55. The average molecular weight is 388 g/mol. The fourth-order valence-corrected chi connectivity index (χ4v) is 3.72. The summed E-state index contributed by atoms with van der Waals surface area (Å²) in [5, 5.41) is 3.24. The molecule has 1 heterocycles. The van der Waals surface area contributed by atoms with E-state index in [0.29, 0.717) is 25.6 Å². The summed E-state index contributed by atoms with van der Waals surface area (Å²) in [5.74, 6) is 1.60. The van der Waals surface area contributed by atoms with Crippen molar-refractivity contribution in [1.29, 1.82) is 0 Å². The summed E-state index contributed by atoms with van der Waals surface area (Å²) in [7, 11) is 1.66. The first kappa shape index (κ1) is 20.6. The Morgan fingerprint density at radius 2 is 1.71 bits per heavy atom. The third kappa shape index (κ3) is 5.25. The van der Waals surface area contributed by atoms with Gasteiger partial charge in [-0.05, 0) is 36.5 Å². The number of carbonyl (C=O) groups is 2. The molecule has 2 fully saturated rings. The number of ether oxygens (including phenoxy) is 1. The molecule has 2 amide bonds. The normalized spacial score (nSPS) is 19.2. The van der Waals surface area contributed by atoms with Crippen LogP contribution in [0.15, 0.2) is 24.3 Å². The van der Waals surface area contributed by atoms with Crippen LogP contribution in [0.5, 0.6) is 5.75 Å². The van der Waals surface area contributed by atoms with Crippen LogP contribution in [-0.2, 0) is 9.59 Å². The summed E-state index contributed by atoms with van der Waals surface area (Å²) < 4.78 is 5.23. The second-order valence-corrected chi connectivity index (χ2v) is 8.97. The van der Waals surface area contributed by atoms with E-state index in [1.807, 2.05) is 49.9 Å². The van der Waals surface area contributed by atoms with Crippen LogP contribution in [0.1, 0.15) is 45.2 Å². The minimum Gasteiger partial charge on any atom is -0.497 e. The first-order chi connectivity index (χ1) is 13.3. The van der Waals surface area contributed by atoms with Crippen LogP contribution >= 0.6 is 0 Å². The van der Waals surface area contributed by atoms with Gasteiger partial charge < -0.3 is 15.0 Å². The van der Waals surface area contributed by atoms with Crippen LogP contribution in [0.2, 0.25) is 0 Å². The van der Waals surface area contributed by atoms with Crippen molar-refractivity contribution in [2.24, 2.45) is 11.3 Å². The van der Waals surface area contributed by atoms with Crippen LogP contribution in [0, 0.1) is 11.3 Å². The van der Waals surface area contributed by atoms with E-state index in [1.165, 1.54) is 0 Å². The first-order valence-corrected chi connectivity index (χ1v) is 10.2. The number of nitrogens with one attached hydrogen (secondary N) is 1. The fraction of sp³-hybridized carbons (Fsp3) is 0.636. The maximum Gasteiger partial charge on any atom is 0.234 e. The average Bonchev–Trinajstić information content (AvgIpc) is 3.51. The highest BCUT2D eigenvalue weighted by Gasteiger charge is 2.34. The molecule has 1 aliphatic carbocycles. The zero-order valence-electron chi connectivity index (χ0n) is 17.5. The lowest BCUT2D eigenvalue weighted by atomic mass is 9.94. The van der Waals surface area contributed by atoms with Crippen molar-refractivity contribution in [1.82, 2.24) is 15.1 Å². The molecule has 0 spiro atoms. The molecule has 1 aromatic carbocycles. The van der Waals surface area contributed by atoms with E-state index in [2.05, 4.69) is 10.2 Å². The zero-order valence-corrected chi connectivity index (χ0v) is 17.5. The molecule has 2 aliphatic rings. The van der Waals surface area contributed by atoms with Gasteiger partial charge in [0.15, 0.2) is 0 Å². The van der Waals surface area contributed by atoms with Gasteiger partial charge in [0.1, 0.15) is 5.75 Å². The van der Waals surface area contributed by atoms with Gasteiger partial charge in [0.05, 0.1) is 19.7 Å². The predicted molar refractivity (Wildman–Crippen MR) is 109 cm³/mol. The van der Waals surface area contributed by atoms with Crippen molar-refractivity contribution in [3.8, 4) is 5.75 Å². The predicted octanol–water partition coefficient (Wildman–Crippen LogP) is 2.45. The molecule has 1 unspecified atom stereocenters. The Balaban J connectivity index is 1.51. The molecule has 0 aromatic heterocycles. The highest BCUT2D eigenvalue weighted by atomic mass is 16.5. The van der Waals surface area contributed by atoms with E-state index in [4.69, 9.17) is 4.74 Å². The van der Waals surface area contributed by atoms with E-state index in [9.17, 15) is 9.59 Å². The van der Waals surface area contributed by atoms with Gasteiger partial charge in [0.2, 0.25) is 11.8 Å². The molecule has 1 atom stereocenters. The van der Waals surface area contributed by atoms with Gasteiger partial charge in [0.25, 0.3) is 0 Å². The molecular weight excluding hydrogens is 354 g/mol. The molecule has 0 radical (unpaired) electrons. The number of piperazine rings is 1. The number of nitrogens with zero attached hydrogens (tertiary/aromatic N) is 2. The van der Waals surface area contributed by atoms with Crippen molar-refractivity contribution >= 4 is 11.8 Å². The molecule has 1 saturated carbocycles. The second-order valence-electron chi connectivity index (χ2n) is 8.97. The monoisotopic (exact) mass is 387 g/mol. The van der Waals surface area contributed by atoms with Crippen molar-refractivity contribution < 1.29 is 14.3 Å². The lowest BCUT2D eigenvalue weighted by molar-refractivity contribution is -0.141. The van der Waals surface area contributed by atoms with Gasteiger partial charge in [-0.3, -0.25) is 14.5 Å². The SMILES string of the molecule is COc1ccc(C(NC(=O)CN2CCN(C(=O)C(C)(C)C)CC2)C2CC2)cc1. The van der Waals surface area contributed by atoms with E-state index in [0.717, 1.165) is 37.2 Å². The number of methoxy groups -OCH3 is 1. The van der Waals surface area contributed by atoms with Gasteiger partial charge in [-0.25, -0.2) is 0 Å². The summed E-state index contributed by atoms with van der Waals surface area (Å²) >= 11 is 0. The molecule has 3 rings (SSSR count). The van der Waals surface area contributed by atoms with Gasteiger partial charge in [-0.2, -0.15) is 0 Å². The summed E-state index contributed by atoms with van der Waals surface area (Å²) in [6, 6.07) is 8.05. The minimum absolute atomic E-state index is 0.0586. The van der Waals surface area contributed by atoms with E-state index in [-0.39, 0.29) is 23.3 Å². The Hall–Kier alpha value is -2.08. The third-order valence-electron chi connectivity index (χ3n) is 5.55. The summed E-state index contributed by atoms with van der Waals surface area (Å²) in [6.07, 6.45) is 2.31. The fourth-order valence-electron chi connectivity index (χ4n) is 3.72. The van der Waals surface area contributed by atoms with Crippen molar-refractivity contribution in [3.63, 3.8) is 0 Å². The molecule has 28 heavy (non-hydrogen) atoms. The molecule has 154 valence electrons. The Bertz CT molecular complexity index is 684. The van der Waals surface area contributed by atoms with Gasteiger partial charge in [0, 0.05) is 31.6 Å². The van der Waals surface area contributed by atoms with Crippen LogP contribution in [-0.4, -0.2) is 61.4 Å². The van der Waals surface area contributed by atoms with E-state index >= 15 is 0 Å².